The molecule has 0 aliphatic heterocycles. The highest BCUT2D eigenvalue weighted by molar-refractivity contribution is 14.0. The van der Waals surface area contributed by atoms with Crippen molar-refractivity contribution >= 4 is 47.0 Å². The Labute approximate surface area is 189 Å². The van der Waals surface area contributed by atoms with E-state index in [1.807, 2.05) is 6.20 Å². The van der Waals surface area contributed by atoms with Gasteiger partial charge in [0.25, 0.3) is 0 Å². The number of aryl methyl sites for hydroxylation is 1. The summed E-state index contributed by atoms with van der Waals surface area (Å²) in [5.41, 5.74) is 2.27. The predicted molar refractivity (Wildman–Crippen MR) is 130 cm³/mol. The molecule has 3 N–H and O–H groups in total. The van der Waals surface area contributed by atoms with Crippen LogP contribution in [0.5, 0.6) is 0 Å². The highest BCUT2D eigenvalue weighted by atomic mass is 127. The molecule has 1 heterocycles. The van der Waals surface area contributed by atoms with Crippen LogP contribution in [-0.2, 0) is 24.1 Å². The number of ether oxygens (including phenoxy) is 1. The molecule has 1 aromatic carbocycles. The largest absolute Gasteiger partial charge is 0.383 e. The number of aliphatic imine (C=N–C) groups is 1. The number of halogens is 1. The van der Waals surface area contributed by atoms with Crippen LogP contribution in [0.2, 0.25) is 0 Å². The molecule has 0 spiro atoms. The molecule has 0 saturated heterocycles. The number of aromatic nitrogens is 1. The fraction of sp³-hybridized carbons (Fsp3) is 0.500. The molecule has 0 unspecified atom stereocenters. The third-order valence-corrected chi connectivity index (χ3v) is 5.14. The molecule has 0 bridgehead atoms. The van der Waals surface area contributed by atoms with Crippen LogP contribution in [0.4, 0.5) is 5.69 Å². The molecule has 0 amide bonds. The number of thiazole rings is 1. The Morgan fingerprint density at radius 3 is 2.57 bits per heavy atom. The molecule has 0 fully saturated rings. The molecule has 2 aromatic rings. The van der Waals surface area contributed by atoms with Gasteiger partial charge in [0.2, 0.25) is 0 Å². The van der Waals surface area contributed by atoms with Crippen LogP contribution in [0, 0.1) is 0 Å². The average Bonchev–Trinajstić information content (AvgIpc) is 3.15. The van der Waals surface area contributed by atoms with Crippen LogP contribution in [0.1, 0.15) is 29.3 Å². The van der Waals surface area contributed by atoms with Gasteiger partial charge in [0.05, 0.1) is 18.2 Å². The Morgan fingerprint density at radius 2 is 1.93 bits per heavy atom. The van der Waals surface area contributed by atoms with E-state index in [0.29, 0.717) is 13.2 Å². The van der Waals surface area contributed by atoms with Crippen molar-refractivity contribution in [1.29, 1.82) is 0 Å². The number of nitrogens with one attached hydrogen (secondary N) is 3. The maximum atomic E-state index is 5.04. The van der Waals surface area contributed by atoms with E-state index in [-0.39, 0.29) is 24.0 Å². The van der Waals surface area contributed by atoms with Crippen molar-refractivity contribution in [2.24, 2.45) is 4.99 Å². The molecule has 156 valence electrons. The van der Waals surface area contributed by atoms with Gasteiger partial charge >= 0.3 is 0 Å². The highest BCUT2D eigenvalue weighted by Gasteiger charge is 2.02. The minimum absolute atomic E-state index is 0. The first-order chi connectivity index (χ1) is 13.2. The number of hydrogen-bond donors (Lipinski definition) is 3. The Kier molecular flexibility index (Phi) is 12.8. The third-order valence-electron chi connectivity index (χ3n) is 3.93. The molecule has 8 heteroatoms. The predicted octanol–water partition coefficient (Wildman–Crippen LogP) is 3.68. The summed E-state index contributed by atoms with van der Waals surface area (Å²) in [4.78, 5) is 10.5. The van der Waals surface area contributed by atoms with Gasteiger partial charge < -0.3 is 20.7 Å². The molecule has 0 saturated carbocycles. The van der Waals surface area contributed by atoms with Crippen molar-refractivity contribution in [3.63, 3.8) is 0 Å². The molecule has 2 rings (SSSR count). The lowest BCUT2D eigenvalue weighted by Gasteiger charge is -2.11. The lowest BCUT2D eigenvalue weighted by Crippen LogP contribution is -2.38. The lowest BCUT2D eigenvalue weighted by atomic mass is 10.2. The van der Waals surface area contributed by atoms with E-state index in [2.05, 4.69) is 64.0 Å². The summed E-state index contributed by atoms with van der Waals surface area (Å²) in [6.45, 7) is 8.05. The maximum absolute atomic E-state index is 5.04. The number of rotatable bonds is 11. The zero-order valence-corrected chi connectivity index (χ0v) is 20.1. The molecule has 28 heavy (non-hydrogen) atoms. The number of hydrogen-bond acceptors (Lipinski definition) is 5. The van der Waals surface area contributed by atoms with Crippen molar-refractivity contribution in [3.8, 4) is 0 Å². The first-order valence-electron chi connectivity index (χ1n) is 9.52. The number of methoxy groups -OCH3 is 1. The molecule has 6 nitrogen and oxygen atoms in total. The van der Waals surface area contributed by atoms with Gasteiger partial charge in [-0.15, -0.1) is 35.3 Å². The van der Waals surface area contributed by atoms with Gasteiger partial charge in [-0.2, -0.15) is 0 Å². The summed E-state index contributed by atoms with van der Waals surface area (Å²) < 4.78 is 5.04. The van der Waals surface area contributed by atoms with Gasteiger partial charge in [-0.25, -0.2) is 9.98 Å². The first kappa shape index (κ1) is 24.6. The van der Waals surface area contributed by atoms with E-state index in [1.165, 1.54) is 15.4 Å². The lowest BCUT2D eigenvalue weighted by molar-refractivity contribution is 0.211. The monoisotopic (exact) mass is 517 g/mol. The van der Waals surface area contributed by atoms with Crippen LogP contribution in [-0.4, -0.2) is 44.3 Å². The smallest absolute Gasteiger partial charge is 0.191 e. The van der Waals surface area contributed by atoms with Gasteiger partial charge in [-0.3, -0.25) is 0 Å². The van der Waals surface area contributed by atoms with E-state index in [0.717, 1.165) is 44.1 Å². The van der Waals surface area contributed by atoms with E-state index in [1.54, 1.807) is 18.4 Å². The molecule has 0 radical (unpaired) electrons. The minimum atomic E-state index is 0. The number of anilines is 1. The number of nitrogens with zero attached hydrogens (tertiary/aromatic N) is 2. The van der Waals surface area contributed by atoms with Crippen molar-refractivity contribution in [1.82, 2.24) is 15.6 Å². The zero-order valence-electron chi connectivity index (χ0n) is 17.0. The minimum Gasteiger partial charge on any atom is -0.383 e. The standard InChI is InChI=1S/C20H31N5OS.HI/c1-4-18-15-24-19(27-18)10-11-23-20(21-5-2)25-14-16-6-8-17(9-7-16)22-12-13-26-3;/h6-9,15,22H,4-5,10-14H2,1-3H3,(H2,21,23,25);1H. The van der Waals surface area contributed by atoms with Gasteiger partial charge in [0.15, 0.2) is 5.96 Å². The number of benzene rings is 1. The van der Waals surface area contributed by atoms with Gasteiger partial charge in [0.1, 0.15) is 0 Å². The zero-order chi connectivity index (χ0) is 19.3. The van der Waals surface area contributed by atoms with Crippen molar-refractivity contribution in [3.05, 3.63) is 45.9 Å². The highest BCUT2D eigenvalue weighted by Crippen LogP contribution is 2.13. The summed E-state index contributed by atoms with van der Waals surface area (Å²) in [5, 5.41) is 11.2. The van der Waals surface area contributed by atoms with Crippen LogP contribution in [0.25, 0.3) is 0 Å². The van der Waals surface area contributed by atoms with Crippen LogP contribution in [0.15, 0.2) is 35.5 Å². The Bertz CT molecular complexity index is 690. The number of guanidine groups is 1. The van der Waals surface area contributed by atoms with E-state index >= 15 is 0 Å². The Hall–Kier alpha value is -1.39. The van der Waals surface area contributed by atoms with Crippen molar-refractivity contribution < 1.29 is 4.74 Å². The fourth-order valence-electron chi connectivity index (χ4n) is 2.45. The van der Waals surface area contributed by atoms with Gasteiger partial charge in [-0.1, -0.05) is 19.1 Å². The fourth-order valence-corrected chi connectivity index (χ4v) is 3.31. The van der Waals surface area contributed by atoms with E-state index in [4.69, 9.17) is 4.74 Å². The molecular formula is C20H32IN5OS. The quantitative estimate of drug-likeness (QED) is 0.184. The molecule has 0 aliphatic carbocycles. The summed E-state index contributed by atoms with van der Waals surface area (Å²) >= 11 is 1.79. The molecule has 1 aromatic heterocycles. The summed E-state index contributed by atoms with van der Waals surface area (Å²) in [6, 6.07) is 8.36. The van der Waals surface area contributed by atoms with Gasteiger partial charge in [0, 0.05) is 49.9 Å². The molecule has 0 aliphatic rings. The van der Waals surface area contributed by atoms with Crippen molar-refractivity contribution in [2.75, 3.05) is 38.7 Å². The normalized spacial score (nSPS) is 11.0. The maximum Gasteiger partial charge on any atom is 0.191 e. The SMILES string of the molecule is CCNC(=NCc1ccc(NCCOC)cc1)NCCc1ncc(CC)s1.I. The second-order valence-electron chi connectivity index (χ2n) is 6.06. The summed E-state index contributed by atoms with van der Waals surface area (Å²) in [7, 11) is 1.71. The first-order valence-corrected chi connectivity index (χ1v) is 10.3. The topological polar surface area (TPSA) is 70.6 Å². The van der Waals surface area contributed by atoms with Crippen LogP contribution < -0.4 is 16.0 Å². The summed E-state index contributed by atoms with van der Waals surface area (Å²) in [5.74, 6) is 0.840. The van der Waals surface area contributed by atoms with Crippen LogP contribution in [0.3, 0.4) is 0 Å². The molecular weight excluding hydrogens is 485 g/mol. The Morgan fingerprint density at radius 1 is 1.14 bits per heavy atom. The van der Waals surface area contributed by atoms with E-state index < -0.39 is 0 Å². The molecule has 0 atom stereocenters. The second-order valence-corrected chi connectivity index (χ2v) is 7.26. The summed E-state index contributed by atoms with van der Waals surface area (Å²) in [6.07, 6.45) is 3.94. The van der Waals surface area contributed by atoms with Crippen molar-refractivity contribution in [2.45, 2.75) is 33.2 Å². The van der Waals surface area contributed by atoms with Crippen LogP contribution >= 0.6 is 35.3 Å². The second kappa shape index (κ2) is 14.6. The Balaban J connectivity index is 0.00000392. The van der Waals surface area contributed by atoms with E-state index in [9.17, 15) is 0 Å². The average molecular weight is 517 g/mol. The van der Waals surface area contributed by atoms with Gasteiger partial charge in [-0.05, 0) is 31.0 Å². The third kappa shape index (κ3) is 9.20.